The quantitative estimate of drug-likeness (QED) is 0.615. The van der Waals surface area contributed by atoms with Crippen molar-refractivity contribution in [2.24, 2.45) is 4.99 Å². The van der Waals surface area contributed by atoms with Gasteiger partial charge in [-0.15, -0.1) is 0 Å². The molecule has 1 saturated heterocycles. The van der Waals surface area contributed by atoms with Gasteiger partial charge in [0.1, 0.15) is 11.6 Å². The van der Waals surface area contributed by atoms with E-state index in [9.17, 15) is 13.2 Å². The standard InChI is InChI=1S/C16H22F3N3O2/c1-16(7-4-8-23-16)10-22-15(20-2)21-9-11-12(17)5-3-6-13(11)24-14(18)19/h3,5-6,14H,4,7-10H2,1-2H3,(H2,20,21,22). The van der Waals surface area contributed by atoms with Gasteiger partial charge in [-0.3, -0.25) is 4.99 Å². The predicted octanol–water partition coefficient (Wildman–Crippen LogP) is 2.66. The smallest absolute Gasteiger partial charge is 0.387 e. The lowest BCUT2D eigenvalue weighted by atomic mass is 10.0. The number of nitrogens with zero attached hydrogens (tertiary/aromatic N) is 1. The van der Waals surface area contributed by atoms with Gasteiger partial charge in [0.15, 0.2) is 5.96 Å². The van der Waals surface area contributed by atoms with E-state index in [1.165, 1.54) is 18.2 Å². The van der Waals surface area contributed by atoms with Crippen LogP contribution in [0.3, 0.4) is 0 Å². The van der Waals surface area contributed by atoms with Crippen molar-refractivity contribution in [3.63, 3.8) is 0 Å². The van der Waals surface area contributed by atoms with E-state index in [4.69, 9.17) is 4.74 Å². The number of halogens is 3. The van der Waals surface area contributed by atoms with Crippen LogP contribution in [0.4, 0.5) is 13.2 Å². The Morgan fingerprint density at radius 2 is 2.21 bits per heavy atom. The number of hydrogen-bond acceptors (Lipinski definition) is 3. The Bertz CT molecular complexity index is 576. The minimum Gasteiger partial charge on any atom is -0.434 e. The van der Waals surface area contributed by atoms with Crippen LogP contribution in [0.15, 0.2) is 23.2 Å². The van der Waals surface area contributed by atoms with Gasteiger partial charge in [0, 0.05) is 32.3 Å². The molecule has 1 unspecified atom stereocenters. The van der Waals surface area contributed by atoms with E-state index in [1.807, 2.05) is 6.92 Å². The third-order valence-electron chi connectivity index (χ3n) is 3.88. The number of guanidine groups is 1. The maximum atomic E-state index is 13.9. The summed E-state index contributed by atoms with van der Waals surface area (Å²) in [6.07, 6.45) is 1.95. The van der Waals surface area contributed by atoms with E-state index in [-0.39, 0.29) is 23.5 Å². The normalized spacial score (nSPS) is 21.2. The molecule has 0 aromatic heterocycles. The molecule has 2 rings (SSSR count). The van der Waals surface area contributed by atoms with Crippen molar-refractivity contribution in [2.45, 2.75) is 38.5 Å². The summed E-state index contributed by atoms with van der Waals surface area (Å²) >= 11 is 0. The second kappa shape index (κ2) is 8.23. The second-order valence-electron chi connectivity index (χ2n) is 5.78. The van der Waals surface area contributed by atoms with E-state index in [0.717, 1.165) is 19.4 Å². The maximum absolute atomic E-state index is 13.9. The zero-order chi connectivity index (χ0) is 17.6. The van der Waals surface area contributed by atoms with Gasteiger partial charge in [-0.1, -0.05) is 6.07 Å². The van der Waals surface area contributed by atoms with E-state index < -0.39 is 12.4 Å². The van der Waals surface area contributed by atoms with E-state index in [1.54, 1.807) is 7.05 Å². The van der Waals surface area contributed by atoms with Crippen LogP contribution in [-0.2, 0) is 11.3 Å². The number of hydrogen-bond donors (Lipinski definition) is 2. The summed E-state index contributed by atoms with van der Waals surface area (Å²) in [7, 11) is 1.57. The average Bonchev–Trinajstić information content (AvgIpc) is 2.96. The number of nitrogens with one attached hydrogen (secondary N) is 2. The van der Waals surface area contributed by atoms with Crippen LogP contribution < -0.4 is 15.4 Å². The summed E-state index contributed by atoms with van der Waals surface area (Å²) in [4.78, 5) is 4.04. The molecule has 0 aliphatic carbocycles. The zero-order valence-corrected chi connectivity index (χ0v) is 13.7. The highest BCUT2D eigenvalue weighted by Gasteiger charge is 2.29. The van der Waals surface area contributed by atoms with Crippen LogP contribution in [-0.4, -0.2) is 38.4 Å². The molecule has 1 heterocycles. The molecule has 1 aromatic rings. The fourth-order valence-corrected chi connectivity index (χ4v) is 2.56. The lowest BCUT2D eigenvalue weighted by molar-refractivity contribution is -0.0506. The Hall–Kier alpha value is -1.96. The second-order valence-corrected chi connectivity index (χ2v) is 5.78. The van der Waals surface area contributed by atoms with Crippen molar-refractivity contribution >= 4 is 5.96 Å². The van der Waals surface area contributed by atoms with Crippen LogP contribution >= 0.6 is 0 Å². The molecule has 8 heteroatoms. The summed E-state index contributed by atoms with van der Waals surface area (Å²) in [6, 6.07) is 3.82. The maximum Gasteiger partial charge on any atom is 0.387 e. The molecule has 0 bridgehead atoms. The molecular formula is C16H22F3N3O2. The topological polar surface area (TPSA) is 54.9 Å². The number of rotatable bonds is 6. The van der Waals surface area contributed by atoms with Gasteiger partial charge in [0.05, 0.1) is 5.60 Å². The highest BCUT2D eigenvalue weighted by Crippen LogP contribution is 2.24. The van der Waals surface area contributed by atoms with Crippen LogP contribution in [0, 0.1) is 5.82 Å². The fourth-order valence-electron chi connectivity index (χ4n) is 2.56. The SMILES string of the molecule is CN=C(NCc1c(F)cccc1OC(F)F)NCC1(C)CCCO1. The van der Waals surface area contributed by atoms with Gasteiger partial charge in [0.2, 0.25) is 0 Å². The van der Waals surface area contributed by atoms with Crippen LogP contribution in [0.2, 0.25) is 0 Å². The highest BCUT2D eigenvalue weighted by atomic mass is 19.3. The van der Waals surface area contributed by atoms with Crippen molar-refractivity contribution in [1.82, 2.24) is 10.6 Å². The summed E-state index contributed by atoms with van der Waals surface area (Å²) in [5.41, 5.74) is -0.247. The highest BCUT2D eigenvalue weighted by molar-refractivity contribution is 5.79. The van der Waals surface area contributed by atoms with Gasteiger partial charge in [-0.25, -0.2) is 4.39 Å². The fraction of sp³-hybridized carbons (Fsp3) is 0.562. The Balaban J connectivity index is 1.95. The minimum absolute atomic E-state index is 0.0177. The molecule has 0 saturated carbocycles. The molecule has 5 nitrogen and oxygen atoms in total. The molecule has 1 aliphatic rings. The summed E-state index contributed by atoms with van der Waals surface area (Å²) < 4.78 is 48.8. The van der Waals surface area contributed by atoms with Crippen molar-refractivity contribution < 1.29 is 22.6 Å². The lowest BCUT2D eigenvalue weighted by Crippen LogP contribution is -2.45. The largest absolute Gasteiger partial charge is 0.434 e. The Morgan fingerprint density at radius 3 is 2.83 bits per heavy atom. The number of benzene rings is 1. The first-order valence-electron chi connectivity index (χ1n) is 7.74. The molecule has 1 aliphatic heterocycles. The Labute approximate surface area is 139 Å². The van der Waals surface area contributed by atoms with Gasteiger partial charge >= 0.3 is 6.61 Å². The van der Waals surface area contributed by atoms with E-state index in [0.29, 0.717) is 12.5 Å². The first-order chi connectivity index (χ1) is 11.4. The van der Waals surface area contributed by atoms with Gasteiger partial charge < -0.3 is 20.1 Å². The number of aliphatic imine (C=N–C) groups is 1. The minimum atomic E-state index is -3.01. The van der Waals surface area contributed by atoms with Crippen molar-refractivity contribution in [2.75, 3.05) is 20.2 Å². The molecule has 1 fully saturated rings. The van der Waals surface area contributed by atoms with Gasteiger partial charge in [0.25, 0.3) is 0 Å². The first kappa shape index (κ1) is 18.4. The molecule has 1 aromatic carbocycles. The molecule has 1 atom stereocenters. The van der Waals surface area contributed by atoms with Crippen molar-refractivity contribution in [3.05, 3.63) is 29.6 Å². The molecule has 0 radical (unpaired) electrons. The van der Waals surface area contributed by atoms with Crippen LogP contribution in [0.5, 0.6) is 5.75 Å². The lowest BCUT2D eigenvalue weighted by Gasteiger charge is -2.24. The number of ether oxygens (including phenoxy) is 2. The monoisotopic (exact) mass is 345 g/mol. The van der Waals surface area contributed by atoms with E-state index in [2.05, 4.69) is 20.4 Å². The van der Waals surface area contributed by atoms with Gasteiger partial charge in [-0.2, -0.15) is 8.78 Å². The Morgan fingerprint density at radius 1 is 1.42 bits per heavy atom. The summed E-state index contributed by atoms with van der Waals surface area (Å²) in [5.74, 6) is -0.390. The third-order valence-corrected chi connectivity index (χ3v) is 3.88. The van der Waals surface area contributed by atoms with Gasteiger partial charge in [-0.05, 0) is 31.9 Å². The van der Waals surface area contributed by atoms with Crippen LogP contribution in [0.25, 0.3) is 0 Å². The molecule has 134 valence electrons. The summed E-state index contributed by atoms with van der Waals surface area (Å²) in [6.45, 7) is 0.234. The summed E-state index contributed by atoms with van der Waals surface area (Å²) in [5, 5.41) is 6.00. The van der Waals surface area contributed by atoms with E-state index >= 15 is 0 Å². The predicted molar refractivity (Wildman–Crippen MR) is 84.8 cm³/mol. The van der Waals surface area contributed by atoms with Crippen molar-refractivity contribution in [1.29, 1.82) is 0 Å². The average molecular weight is 345 g/mol. The third kappa shape index (κ3) is 5.02. The Kier molecular flexibility index (Phi) is 6.30. The van der Waals surface area contributed by atoms with Crippen molar-refractivity contribution in [3.8, 4) is 5.75 Å². The molecule has 24 heavy (non-hydrogen) atoms. The van der Waals surface area contributed by atoms with Crippen LogP contribution in [0.1, 0.15) is 25.3 Å². The molecule has 0 amide bonds. The molecular weight excluding hydrogens is 323 g/mol. The number of alkyl halides is 2. The zero-order valence-electron chi connectivity index (χ0n) is 13.7. The first-order valence-corrected chi connectivity index (χ1v) is 7.74. The molecule has 2 N–H and O–H groups in total. The molecule has 0 spiro atoms.